The van der Waals surface area contributed by atoms with Crippen LogP contribution in [0.3, 0.4) is 0 Å². The predicted octanol–water partition coefficient (Wildman–Crippen LogP) is 3.08. The highest BCUT2D eigenvalue weighted by molar-refractivity contribution is 5.69. The van der Waals surface area contributed by atoms with Crippen LogP contribution in [0.4, 0.5) is 4.79 Å². The van der Waals surface area contributed by atoms with E-state index in [1.807, 2.05) is 32.6 Å². The number of aliphatic hydroxyl groups is 1. The number of piperidine rings is 2. The van der Waals surface area contributed by atoms with Crippen LogP contribution in [0.25, 0.3) is 0 Å². The molecule has 2 saturated heterocycles. The van der Waals surface area contributed by atoms with Crippen molar-refractivity contribution < 1.29 is 14.6 Å². The minimum Gasteiger partial charge on any atom is -0.444 e. The number of ether oxygens (including phenoxy) is 1. The molecule has 4 heteroatoms. The minimum absolute atomic E-state index is 0.146. The van der Waals surface area contributed by atoms with E-state index < -0.39 is 11.2 Å². The van der Waals surface area contributed by atoms with Gasteiger partial charge in [-0.15, -0.1) is 0 Å². The molecule has 4 nitrogen and oxygen atoms in total. The quantitative estimate of drug-likeness (QED) is 0.796. The van der Waals surface area contributed by atoms with Crippen molar-refractivity contribution >= 4 is 6.09 Å². The van der Waals surface area contributed by atoms with E-state index in [2.05, 4.69) is 0 Å². The molecule has 0 aromatic carbocycles. The van der Waals surface area contributed by atoms with Gasteiger partial charge >= 0.3 is 6.09 Å². The van der Waals surface area contributed by atoms with Gasteiger partial charge < -0.3 is 14.7 Å². The average Bonchev–Trinajstić information content (AvgIpc) is 2.25. The molecule has 110 valence electrons. The first-order valence-corrected chi connectivity index (χ1v) is 7.48. The van der Waals surface area contributed by atoms with Crippen molar-refractivity contribution in [2.45, 2.75) is 89.5 Å². The molecule has 0 radical (unpaired) electrons. The number of carbonyl (C=O) groups excluding carboxylic acids is 1. The van der Waals surface area contributed by atoms with Crippen molar-refractivity contribution in [1.82, 2.24) is 4.90 Å². The normalized spacial score (nSPS) is 35.1. The molecule has 19 heavy (non-hydrogen) atoms. The zero-order chi connectivity index (χ0) is 14.3. The summed E-state index contributed by atoms with van der Waals surface area (Å²) in [5.41, 5.74) is -1.04. The Balaban J connectivity index is 2.12. The van der Waals surface area contributed by atoms with Crippen molar-refractivity contribution in [1.29, 1.82) is 0 Å². The first-order chi connectivity index (χ1) is 8.74. The molecule has 0 aliphatic carbocycles. The van der Waals surface area contributed by atoms with Gasteiger partial charge in [0.05, 0.1) is 5.60 Å². The van der Waals surface area contributed by atoms with E-state index in [0.29, 0.717) is 12.8 Å². The Morgan fingerprint density at radius 3 is 2.26 bits per heavy atom. The lowest BCUT2D eigenvalue weighted by atomic mass is 9.74. The molecule has 2 bridgehead atoms. The highest BCUT2D eigenvalue weighted by Gasteiger charge is 2.47. The van der Waals surface area contributed by atoms with Crippen LogP contribution in [0, 0.1) is 0 Å². The summed E-state index contributed by atoms with van der Waals surface area (Å²) in [6.07, 6.45) is 5.06. The van der Waals surface area contributed by atoms with Crippen LogP contribution in [-0.2, 0) is 4.74 Å². The third-order valence-corrected chi connectivity index (χ3v) is 4.36. The van der Waals surface area contributed by atoms with E-state index >= 15 is 0 Å². The van der Waals surface area contributed by atoms with Crippen LogP contribution >= 0.6 is 0 Å². The minimum atomic E-state index is -0.589. The molecule has 0 saturated carbocycles. The molecule has 2 aliphatic heterocycles. The number of amides is 1. The van der Waals surface area contributed by atoms with Crippen LogP contribution in [0.1, 0.15) is 66.2 Å². The fraction of sp³-hybridized carbons (Fsp3) is 0.933. The molecule has 2 unspecified atom stereocenters. The maximum absolute atomic E-state index is 12.3. The van der Waals surface area contributed by atoms with Crippen molar-refractivity contribution in [3.05, 3.63) is 0 Å². The maximum Gasteiger partial charge on any atom is 0.410 e. The molecule has 0 aromatic rings. The SMILES string of the molecule is CCC1(O)CC2CCCC(C1)N2C(=O)OC(C)(C)C. The van der Waals surface area contributed by atoms with Gasteiger partial charge in [0.15, 0.2) is 0 Å². The van der Waals surface area contributed by atoms with Crippen molar-refractivity contribution in [2.24, 2.45) is 0 Å². The van der Waals surface area contributed by atoms with Crippen LogP contribution in [-0.4, -0.2) is 39.4 Å². The van der Waals surface area contributed by atoms with Gasteiger partial charge in [-0.05, 0) is 59.3 Å². The molecule has 1 amide bonds. The second kappa shape index (κ2) is 4.97. The van der Waals surface area contributed by atoms with Crippen molar-refractivity contribution in [2.75, 3.05) is 0 Å². The van der Waals surface area contributed by atoms with Gasteiger partial charge in [0.25, 0.3) is 0 Å². The Hall–Kier alpha value is -0.770. The van der Waals surface area contributed by atoms with Gasteiger partial charge in [-0.25, -0.2) is 4.79 Å². The number of rotatable bonds is 1. The molecule has 1 N–H and O–H groups in total. The lowest BCUT2D eigenvalue weighted by Crippen LogP contribution is -2.60. The summed E-state index contributed by atoms with van der Waals surface area (Å²) < 4.78 is 5.52. The molecule has 2 aliphatic rings. The van der Waals surface area contributed by atoms with E-state index in [-0.39, 0.29) is 18.2 Å². The van der Waals surface area contributed by atoms with E-state index in [1.165, 1.54) is 0 Å². The fourth-order valence-electron chi connectivity index (χ4n) is 3.43. The van der Waals surface area contributed by atoms with Gasteiger partial charge in [0.1, 0.15) is 5.60 Å². The predicted molar refractivity (Wildman–Crippen MR) is 74.0 cm³/mol. The number of fused-ring (bicyclic) bond motifs is 2. The van der Waals surface area contributed by atoms with E-state index in [0.717, 1.165) is 25.7 Å². The zero-order valence-electron chi connectivity index (χ0n) is 12.6. The summed E-state index contributed by atoms with van der Waals surface area (Å²) >= 11 is 0. The first-order valence-electron chi connectivity index (χ1n) is 7.48. The molecule has 2 heterocycles. The highest BCUT2D eigenvalue weighted by Crippen LogP contribution is 2.41. The lowest BCUT2D eigenvalue weighted by Gasteiger charge is -2.51. The second-order valence-electron chi connectivity index (χ2n) is 7.11. The number of nitrogens with zero attached hydrogens (tertiary/aromatic N) is 1. The Labute approximate surface area is 116 Å². The number of carbonyl (C=O) groups is 1. The Morgan fingerprint density at radius 1 is 1.32 bits per heavy atom. The summed E-state index contributed by atoms with van der Waals surface area (Å²) in [4.78, 5) is 14.3. The monoisotopic (exact) mass is 269 g/mol. The van der Waals surface area contributed by atoms with E-state index in [9.17, 15) is 9.90 Å². The molecule has 2 fully saturated rings. The largest absolute Gasteiger partial charge is 0.444 e. The van der Waals surface area contributed by atoms with Gasteiger partial charge in [-0.3, -0.25) is 0 Å². The standard InChI is InChI=1S/C15H27NO3/c1-5-15(18)9-11-7-6-8-12(10-15)16(11)13(17)19-14(2,3)4/h11-12,18H,5-10H2,1-4H3. The van der Waals surface area contributed by atoms with Gasteiger partial charge in [-0.2, -0.15) is 0 Å². The third-order valence-electron chi connectivity index (χ3n) is 4.36. The molecule has 2 rings (SSSR count). The number of hydrogen-bond donors (Lipinski definition) is 1. The van der Waals surface area contributed by atoms with Gasteiger partial charge in [-0.1, -0.05) is 6.92 Å². The van der Waals surface area contributed by atoms with Crippen molar-refractivity contribution in [3.8, 4) is 0 Å². The number of hydrogen-bond acceptors (Lipinski definition) is 3. The summed E-state index contributed by atoms with van der Waals surface area (Å²) in [5.74, 6) is 0. The summed E-state index contributed by atoms with van der Waals surface area (Å²) in [6.45, 7) is 7.71. The van der Waals surface area contributed by atoms with Crippen molar-refractivity contribution in [3.63, 3.8) is 0 Å². The van der Waals surface area contributed by atoms with Crippen LogP contribution in [0.5, 0.6) is 0 Å². The summed E-state index contributed by atoms with van der Waals surface area (Å²) in [7, 11) is 0. The van der Waals surface area contributed by atoms with Gasteiger partial charge in [0, 0.05) is 12.1 Å². The molecular formula is C15H27NO3. The lowest BCUT2D eigenvalue weighted by molar-refractivity contribution is -0.0937. The summed E-state index contributed by atoms with van der Waals surface area (Å²) in [5, 5.41) is 10.5. The van der Waals surface area contributed by atoms with Gasteiger partial charge in [0.2, 0.25) is 0 Å². The first kappa shape index (κ1) is 14.6. The Morgan fingerprint density at radius 2 is 1.84 bits per heavy atom. The maximum atomic E-state index is 12.3. The molecule has 2 atom stereocenters. The Kier molecular flexibility index (Phi) is 3.83. The average molecular weight is 269 g/mol. The molecule has 0 aromatic heterocycles. The second-order valence-corrected chi connectivity index (χ2v) is 7.11. The topological polar surface area (TPSA) is 49.8 Å². The van der Waals surface area contributed by atoms with Crippen LogP contribution in [0.15, 0.2) is 0 Å². The third kappa shape index (κ3) is 3.22. The smallest absolute Gasteiger partial charge is 0.410 e. The molecule has 0 spiro atoms. The molecular weight excluding hydrogens is 242 g/mol. The zero-order valence-corrected chi connectivity index (χ0v) is 12.6. The van der Waals surface area contributed by atoms with E-state index in [1.54, 1.807) is 0 Å². The van der Waals surface area contributed by atoms with Crippen LogP contribution in [0.2, 0.25) is 0 Å². The Bertz CT molecular complexity index is 334. The van der Waals surface area contributed by atoms with Crippen LogP contribution < -0.4 is 0 Å². The van der Waals surface area contributed by atoms with E-state index in [4.69, 9.17) is 4.74 Å². The summed E-state index contributed by atoms with van der Waals surface area (Å²) in [6, 6.07) is 0.291. The fourth-order valence-corrected chi connectivity index (χ4v) is 3.43. The highest BCUT2D eigenvalue weighted by atomic mass is 16.6.